The van der Waals surface area contributed by atoms with E-state index in [4.69, 9.17) is 11.2 Å². The number of rotatable bonds is 7. The molecule has 0 aliphatic carbocycles. The fraction of sp³-hybridized carbons (Fsp3) is 0.571. The van der Waals surface area contributed by atoms with Crippen molar-refractivity contribution in [3.05, 3.63) is 22.1 Å². The summed E-state index contributed by atoms with van der Waals surface area (Å²) in [6, 6.07) is 0.843. The maximum absolute atomic E-state index is 13.1. The number of terminal acetylenes is 1. The smallest absolute Gasteiger partial charge is 0.372 e. The molecule has 0 aromatic carbocycles. The van der Waals surface area contributed by atoms with Crippen LogP contribution in [0, 0.1) is 12.3 Å². The molecule has 1 aromatic rings. The summed E-state index contributed by atoms with van der Waals surface area (Å²) in [5.41, 5.74) is -3.01. The molecule has 0 radical (unpaired) electrons. The van der Waals surface area contributed by atoms with Gasteiger partial charge >= 0.3 is 6.18 Å². The molecular formula is C14H20F3N3O2Si. The number of alkyl halides is 3. The minimum Gasteiger partial charge on any atom is -0.372 e. The largest absolute Gasteiger partial charge is 0.423 e. The molecule has 1 rings (SSSR count). The monoisotopic (exact) mass is 347 g/mol. The summed E-state index contributed by atoms with van der Waals surface area (Å²) in [6.07, 6.45) is 1.13. The predicted molar refractivity (Wildman–Crippen MR) is 84.9 cm³/mol. The third kappa shape index (κ3) is 6.07. The minimum atomic E-state index is -4.81. The molecule has 0 spiro atoms. The molecule has 0 amide bonds. The van der Waals surface area contributed by atoms with E-state index in [-0.39, 0.29) is 13.3 Å². The third-order valence-electron chi connectivity index (χ3n) is 2.92. The molecule has 0 saturated carbocycles. The van der Waals surface area contributed by atoms with Gasteiger partial charge in [0.25, 0.3) is 5.56 Å². The zero-order chi connectivity index (χ0) is 17.7. The highest BCUT2D eigenvalue weighted by Gasteiger charge is 2.38. The standard InChI is InChI=1S/C14H20F3N3O2Si/c1-5-6-18-11-9-19-20(10-22-7-8-23(2,3)4)13(21)12(11)14(15,16)17/h1,9,18H,6-8,10H2,2-4H3. The molecule has 0 bridgehead atoms. The molecule has 9 heteroatoms. The number of nitrogens with one attached hydrogen (secondary N) is 1. The second-order valence-corrected chi connectivity index (χ2v) is 11.8. The first kappa shape index (κ1) is 19.3. The van der Waals surface area contributed by atoms with Gasteiger partial charge in [0.05, 0.1) is 18.4 Å². The normalized spacial score (nSPS) is 12.0. The van der Waals surface area contributed by atoms with E-state index in [1.807, 2.05) is 0 Å². The number of hydrogen-bond donors (Lipinski definition) is 1. The van der Waals surface area contributed by atoms with Crippen LogP contribution in [0.4, 0.5) is 18.9 Å². The van der Waals surface area contributed by atoms with Crippen LogP contribution in [-0.2, 0) is 17.6 Å². The molecule has 5 nitrogen and oxygen atoms in total. The summed E-state index contributed by atoms with van der Waals surface area (Å²) in [6.45, 7) is 6.36. The van der Waals surface area contributed by atoms with Crippen molar-refractivity contribution in [1.29, 1.82) is 0 Å². The van der Waals surface area contributed by atoms with Gasteiger partial charge < -0.3 is 10.1 Å². The van der Waals surface area contributed by atoms with Crippen LogP contribution in [0.1, 0.15) is 5.56 Å². The van der Waals surface area contributed by atoms with E-state index in [9.17, 15) is 18.0 Å². The summed E-state index contributed by atoms with van der Waals surface area (Å²) < 4.78 is 45.2. The fourth-order valence-electron chi connectivity index (χ4n) is 1.66. The Morgan fingerprint density at radius 3 is 2.61 bits per heavy atom. The van der Waals surface area contributed by atoms with Gasteiger partial charge in [-0.05, 0) is 6.04 Å². The first-order valence-electron chi connectivity index (χ1n) is 6.98. The van der Waals surface area contributed by atoms with Crippen molar-refractivity contribution in [3.8, 4) is 12.3 Å². The third-order valence-corrected chi connectivity index (χ3v) is 4.62. The lowest BCUT2D eigenvalue weighted by Gasteiger charge is -2.17. The summed E-state index contributed by atoms with van der Waals surface area (Å²) in [7, 11) is -1.32. The van der Waals surface area contributed by atoms with Crippen LogP contribution in [0.3, 0.4) is 0 Å². The Kier molecular flexibility index (Phi) is 6.41. The lowest BCUT2D eigenvalue weighted by Crippen LogP contribution is -2.33. The van der Waals surface area contributed by atoms with Gasteiger partial charge in [-0.3, -0.25) is 4.79 Å². The van der Waals surface area contributed by atoms with Crippen molar-refractivity contribution >= 4 is 13.8 Å². The molecule has 0 atom stereocenters. The molecule has 128 valence electrons. The Morgan fingerprint density at radius 1 is 1.43 bits per heavy atom. The maximum atomic E-state index is 13.1. The van der Waals surface area contributed by atoms with Crippen molar-refractivity contribution in [3.63, 3.8) is 0 Å². The van der Waals surface area contributed by atoms with Crippen LogP contribution in [0.15, 0.2) is 11.0 Å². The SMILES string of the molecule is C#CCNc1cnn(COCC[Si](C)(C)C)c(=O)c1C(F)(F)F. The van der Waals surface area contributed by atoms with E-state index in [1.54, 1.807) is 0 Å². The molecule has 0 aliphatic rings. The van der Waals surface area contributed by atoms with Crippen LogP contribution >= 0.6 is 0 Å². The van der Waals surface area contributed by atoms with Crippen molar-refractivity contribution in [1.82, 2.24) is 9.78 Å². The number of hydrogen-bond acceptors (Lipinski definition) is 4. The Balaban J connectivity index is 2.95. The Morgan fingerprint density at radius 2 is 2.09 bits per heavy atom. The highest BCUT2D eigenvalue weighted by molar-refractivity contribution is 6.76. The van der Waals surface area contributed by atoms with Crippen LogP contribution in [0.25, 0.3) is 0 Å². The second-order valence-electron chi connectivity index (χ2n) is 6.14. The fourth-order valence-corrected chi connectivity index (χ4v) is 2.42. The lowest BCUT2D eigenvalue weighted by atomic mass is 10.2. The topological polar surface area (TPSA) is 56.1 Å². The summed E-state index contributed by atoms with van der Waals surface area (Å²) in [5.74, 6) is 2.15. The Labute approximate surface area is 133 Å². The molecule has 1 aromatic heterocycles. The molecule has 0 saturated heterocycles. The highest BCUT2D eigenvalue weighted by Crippen LogP contribution is 2.31. The van der Waals surface area contributed by atoms with Crippen LogP contribution in [0.5, 0.6) is 0 Å². The minimum absolute atomic E-state index is 0.138. The van der Waals surface area contributed by atoms with E-state index >= 15 is 0 Å². The van der Waals surface area contributed by atoms with Gasteiger partial charge in [-0.15, -0.1) is 6.42 Å². The number of anilines is 1. The van der Waals surface area contributed by atoms with Gasteiger partial charge in [-0.1, -0.05) is 25.6 Å². The quantitative estimate of drug-likeness (QED) is 0.468. The molecule has 0 unspecified atom stereocenters. The van der Waals surface area contributed by atoms with Gasteiger partial charge in [-0.2, -0.15) is 18.3 Å². The molecule has 0 fully saturated rings. The van der Waals surface area contributed by atoms with E-state index in [0.717, 1.165) is 12.2 Å². The van der Waals surface area contributed by atoms with Crippen LogP contribution in [-0.4, -0.2) is 31.0 Å². The predicted octanol–water partition coefficient (Wildman–Crippen LogP) is 2.62. The van der Waals surface area contributed by atoms with Crippen molar-refractivity contribution in [2.75, 3.05) is 18.5 Å². The molecule has 1 N–H and O–H groups in total. The average molecular weight is 347 g/mol. The molecule has 0 aliphatic heterocycles. The Bertz CT molecular complexity index is 630. The number of nitrogens with zero attached hydrogens (tertiary/aromatic N) is 2. The van der Waals surface area contributed by atoms with Crippen LogP contribution < -0.4 is 10.9 Å². The van der Waals surface area contributed by atoms with E-state index in [2.05, 4.69) is 36.0 Å². The van der Waals surface area contributed by atoms with Crippen molar-refractivity contribution in [2.45, 2.75) is 38.6 Å². The van der Waals surface area contributed by atoms with Crippen molar-refractivity contribution < 1.29 is 17.9 Å². The van der Waals surface area contributed by atoms with E-state index in [1.165, 1.54) is 0 Å². The van der Waals surface area contributed by atoms with Gasteiger partial charge in [0, 0.05) is 14.7 Å². The zero-order valence-electron chi connectivity index (χ0n) is 13.3. The van der Waals surface area contributed by atoms with Crippen LogP contribution in [0.2, 0.25) is 25.7 Å². The molecule has 1 heterocycles. The summed E-state index contributed by atoms with van der Waals surface area (Å²) >= 11 is 0. The van der Waals surface area contributed by atoms with Gasteiger partial charge in [-0.25, -0.2) is 4.68 Å². The van der Waals surface area contributed by atoms with Gasteiger partial charge in [0.15, 0.2) is 0 Å². The molecular weight excluding hydrogens is 327 g/mol. The lowest BCUT2D eigenvalue weighted by molar-refractivity contribution is -0.138. The van der Waals surface area contributed by atoms with Crippen molar-refractivity contribution in [2.24, 2.45) is 0 Å². The molecule has 23 heavy (non-hydrogen) atoms. The Hall–Kier alpha value is -1.79. The first-order chi connectivity index (χ1) is 10.6. The number of ether oxygens (including phenoxy) is 1. The summed E-state index contributed by atoms with van der Waals surface area (Å²) in [4.78, 5) is 12.0. The van der Waals surface area contributed by atoms with E-state index < -0.39 is 31.1 Å². The number of aromatic nitrogens is 2. The van der Waals surface area contributed by atoms with Gasteiger partial charge in [0.2, 0.25) is 0 Å². The highest BCUT2D eigenvalue weighted by atomic mass is 28.3. The first-order valence-corrected chi connectivity index (χ1v) is 10.7. The van der Waals surface area contributed by atoms with Gasteiger partial charge in [0.1, 0.15) is 12.3 Å². The zero-order valence-corrected chi connectivity index (χ0v) is 14.3. The number of halogens is 3. The average Bonchev–Trinajstić information content (AvgIpc) is 2.40. The second kappa shape index (κ2) is 7.65. The summed E-state index contributed by atoms with van der Waals surface area (Å²) in [5, 5.41) is 6.06. The maximum Gasteiger partial charge on any atom is 0.423 e. The van der Waals surface area contributed by atoms with E-state index in [0.29, 0.717) is 11.3 Å².